The summed E-state index contributed by atoms with van der Waals surface area (Å²) < 4.78 is 28.7. The number of aliphatic hydroxyl groups excluding tert-OH is 2. The highest BCUT2D eigenvalue weighted by atomic mass is 16.7. The van der Waals surface area contributed by atoms with Gasteiger partial charge in [-0.25, -0.2) is 4.79 Å². The standard InChI is InChI=1S/C75H130O12/c1-4-7-10-13-16-19-22-25-28-31-34-37-40-43-46-49-52-55-58-61-67(76)83-64-66(85-68(77)62-59-56-53-50-47-44-41-38-35-32-29-26-23-20-17-14-11-8-5-2)65-84-75-73(71(80)70(79)72(87-75)74(81)82)86-69(78)63-60-57-54-51-48-45-42-39-36-33-30-27-24-21-18-15-12-9-6-3/h7,10,16-17,19-20,25-26,28-29,34,37,66,70-73,75,79-80H,4-6,8-9,11-15,18,21-24,27,30-33,35-36,38-65H2,1-3H3,(H,81,82)/b10-7-,19-16-,20-17-,28-25-,29-26-,37-34-. The van der Waals surface area contributed by atoms with Gasteiger partial charge in [-0.15, -0.1) is 0 Å². The van der Waals surface area contributed by atoms with Crippen LogP contribution in [0.15, 0.2) is 72.9 Å². The zero-order chi connectivity index (χ0) is 63.1. The Morgan fingerprint density at radius 3 is 1.13 bits per heavy atom. The van der Waals surface area contributed by atoms with Gasteiger partial charge in [0.25, 0.3) is 0 Å². The minimum absolute atomic E-state index is 0.0616. The second-order valence-corrected chi connectivity index (χ2v) is 24.5. The third kappa shape index (κ3) is 51.6. The van der Waals surface area contributed by atoms with Crippen LogP contribution in [0, 0.1) is 0 Å². The lowest BCUT2D eigenvalue weighted by Gasteiger charge is -2.40. The maximum absolute atomic E-state index is 13.3. The van der Waals surface area contributed by atoms with Gasteiger partial charge >= 0.3 is 23.9 Å². The van der Waals surface area contributed by atoms with Gasteiger partial charge in [-0.3, -0.25) is 14.4 Å². The second kappa shape index (κ2) is 62.4. The molecule has 3 N–H and O–H groups in total. The summed E-state index contributed by atoms with van der Waals surface area (Å²) in [5.41, 5.74) is 0. The second-order valence-electron chi connectivity index (χ2n) is 24.5. The third-order valence-corrected chi connectivity index (χ3v) is 16.3. The SMILES string of the molecule is CC/C=C\C/C=C\C/C=C\C/C=C\CCCCCCCCC(=O)OCC(COC1OC(C(=O)O)C(O)C(O)C1OC(=O)CCCCCCCCCCCCCCCCCCCCC)OC(=O)CCCCCCCCCCC/C=C\C/C=C\CCCCC. The molecule has 1 rings (SSSR count). The number of carbonyl (C=O) groups excluding carboxylic acids is 3. The smallest absolute Gasteiger partial charge is 0.335 e. The number of unbranched alkanes of at least 4 members (excludes halogenated alkanes) is 36. The highest BCUT2D eigenvalue weighted by Gasteiger charge is 2.50. The zero-order valence-corrected chi connectivity index (χ0v) is 55.8. The molecule has 0 bridgehead atoms. The van der Waals surface area contributed by atoms with Crippen LogP contribution in [0.2, 0.25) is 0 Å². The van der Waals surface area contributed by atoms with E-state index >= 15 is 0 Å². The highest BCUT2D eigenvalue weighted by Crippen LogP contribution is 2.27. The fraction of sp³-hybridized carbons (Fsp3) is 0.787. The number of ether oxygens (including phenoxy) is 5. The van der Waals surface area contributed by atoms with Gasteiger partial charge < -0.3 is 39.0 Å². The molecule has 6 unspecified atom stereocenters. The molecule has 0 aromatic heterocycles. The summed E-state index contributed by atoms with van der Waals surface area (Å²) in [6, 6.07) is 0. The number of rotatable bonds is 62. The van der Waals surface area contributed by atoms with E-state index in [1.54, 1.807) is 0 Å². The molecule has 502 valence electrons. The molecule has 0 amide bonds. The van der Waals surface area contributed by atoms with Gasteiger partial charge in [0.05, 0.1) is 6.61 Å². The van der Waals surface area contributed by atoms with Crippen LogP contribution in [0.3, 0.4) is 0 Å². The van der Waals surface area contributed by atoms with Crippen molar-refractivity contribution in [3.63, 3.8) is 0 Å². The van der Waals surface area contributed by atoms with E-state index in [0.29, 0.717) is 19.3 Å². The molecule has 1 heterocycles. The van der Waals surface area contributed by atoms with Crippen molar-refractivity contribution in [2.24, 2.45) is 0 Å². The van der Waals surface area contributed by atoms with E-state index in [-0.39, 0.29) is 25.9 Å². The van der Waals surface area contributed by atoms with Crippen LogP contribution in [0.1, 0.15) is 329 Å². The number of aliphatic hydroxyl groups is 2. The third-order valence-electron chi connectivity index (χ3n) is 16.3. The van der Waals surface area contributed by atoms with Gasteiger partial charge in [0.1, 0.15) is 18.8 Å². The van der Waals surface area contributed by atoms with Crippen molar-refractivity contribution in [2.75, 3.05) is 13.2 Å². The summed E-state index contributed by atoms with van der Waals surface area (Å²) in [6.45, 7) is 5.91. The van der Waals surface area contributed by atoms with Crippen molar-refractivity contribution in [3.05, 3.63) is 72.9 Å². The number of hydrogen-bond donors (Lipinski definition) is 3. The molecule has 0 spiro atoms. The van der Waals surface area contributed by atoms with Crippen molar-refractivity contribution in [1.82, 2.24) is 0 Å². The number of carbonyl (C=O) groups is 4. The molecule has 0 aliphatic carbocycles. The zero-order valence-electron chi connectivity index (χ0n) is 55.8. The fourth-order valence-corrected chi connectivity index (χ4v) is 10.8. The first-order valence-electron chi connectivity index (χ1n) is 35.9. The van der Waals surface area contributed by atoms with Crippen LogP contribution in [-0.2, 0) is 42.9 Å². The van der Waals surface area contributed by atoms with Crippen molar-refractivity contribution in [3.8, 4) is 0 Å². The average molecular weight is 1220 g/mol. The monoisotopic (exact) mass is 1220 g/mol. The number of aliphatic carboxylic acids is 1. The Bertz CT molecular complexity index is 1790. The predicted molar refractivity (Wildman–Crippen MR) is 358 cm³/mol. The number of allylic oxidation sites excluding steroid dienone is 12. The lowest BCUT2D eigenvalue weighted by atomic mass is 9.98. The summed E-state index contributed by atoms with van der Waals surface area (Å²) >= 11 is 0. The first-order valence-corrected chi connectivity index (χ1v) is 35.9. The Hall–Kier alpha value is -3.84. The predicted octanol–water partition coefficient (Wildman–Crippen LogP) is 20.0. The van der Waals surface area contributed by atoms with Crippen molar-refractivity contribution in [1.29, 1.82) is 0 Å². The van der Waals surface area contributed by atoms with E-state index in [9.17, 15) is 34.5 Å². The largest absolute Gasteiger partial charge is 0.479 e. The van der Waals surface area contributed by atoms with Gasteiger partial charge in [0, 0.05) is 19.3 Å². The van der Waals surface area contributed by atoms with E-state index < -0.39 is 67.3 Å². The summed E-state index contributed by atoms with van der Waals surface area (Å²) in [4.78, 5) is 51.5. The summed E-state index contributed by atoms with van der Waals surface area (Å²) in [5.74, 6) is -3.12. The summed E-state index contributed by atoms with van der Waals surface area (Å²) in [7, 11) is 0. The molecule has 0 saturated carbocycles. The number of carboxylic acids is 1. The van der Waals surface area contributed by atoms with E-state index in [2.05, 4.69) is 93.7 Å². The minimum Gasteiger partial charge on any atom is -0.479 e. The number of esters is 3. The number of carboxylic acid groups (broad SMARTS) is 1. The van der Waals surface area contributed by atoms with E-state index in [0.717, 1.165) is 128 Å². The fourth-order valence-electron chi connectivity index (χ4n) is 10.8. The number of hydrogen-bond acceptors (Lipinski definition) is 11. The van der Waals surface area contributed by atoms with Crippen molar-refractivity contribution < 1.29 is 58.2 Å². The topological polar surface area (TPSA) is 175 Å². The maximum atomic E-state index is 13.3. The molecule has 0 aromatic carbocycles. The molecule has 1 aliphatic heterocycles. The molecule has 0 aromatic rings. The molecule has 1 fully saturated rings. The highest BCUT2D eigenvalue weighted by molar-refractivity contribution is 5.74. The quantitative estimate of drug-likeness (QED) is 0.0228. The van der Waals surface area contributed by atoms with E-state index in [4.69, 9.17) is 23.7 Å². The molecule has 6 atom stereocenters. The van der Waals surface area contributed by atoms with Crippen molar-refractivity contribution in [2.45, 2.75) is 366 Å². The first-order chi connectivity index (χ1) is 42.6. The van der Waals surface area contributed by atoms with Gasteiger partial charge in [0.15, 0.2) is 24.6 Å². The lowest BCUT2D eigenvalue weighted by molar-refractivity contribution is -0.301. The van der Waals surface area contributed by atoms with Gasteiger partial charge in [-0.05, 0) is 89.9 Å². The lowest BCUT2D eigenvalue weighted by Crippen LogP contribution is -2.61. The van der Waals surface area contributed by atoms with Gasteiger partial charge in [-0.2, -0.15) is 0 Å². The van der Waals surface area contributed by atoms with Gasteiger partial charge in [0.2, 0.25) is 0 Å². The van der Waals surface area contributed by atoms with Gasteiger partial charge in [-0.1, -0.05) is 293 Å². The molecule has 12 nitrogen and oxygen atoms in total. The summed E-state index contributed by atoms with van der Waals surface area (Å²) in [6.07, 6.45) is 68.5. The first kappa shape index (κ1) is 81.2. The Balaban J connectivity index is 2.63. The maximum Gasteiger partial charge on any atom is 0.335 e. The Morgan fingerprint density at radius 2 is 0.724 bits per heavy atom. The molecular formula is C75H130O12. The average Bonchev–Trinajstić information content (AvgIpc) is 2.56. The molecule has 12 heteroatoms. The Labute approximate surface area is 531 Å². The van der Waals surface area contributed by atoms with Crippen LogP contribution in [0.4, 0.5) is 0 Å². The van der Waals surface area contributed by atoms with Crippen LogP contribution in [-0.4, -0.2) is 89.2 Å². The molecular weight excluding hydrogens is 1090 g/mol. The van der Waals surface area contributed by atoms with Crippen LogP contribution >= 0.6 is 0 Å². The Morgan fingerprint density at radius 1 is 0.391 bits per heavy atom. The van der Waals surface area contributed by atoms with Crippen molar-refractivity contribution >= 4 is 23.9 Å². The van der Waals surface area contributed by atoms with E-state index in [1.165, 1.54) is 141 Å². The van der Waals surface area contributed by atoms with Crippen LogP contribution in [0.5, 0.6) is 0 Å². The molecule has 1 aliphatic rings. The van der Waals surface area contributed by atoms with Crippen LogP contribution < -0.4 is 0 Å². The molecule has 87 heavy (non-hydrogen) atoms. The van der Waals surface area contributed by atoms with Crippen LogP contribution in [0.25, 0.3) is 0 Å². The normalized spacial score (nSPS) is 17.7. The summed E-state index contributed by atoms with van der Waals surface area (Å²) in [5, 5.41) is 31.7. The molecule has 0 radical (unpaired) electrons. The van der Waals surface area contributed by atoms with E-state index in [1.807, 2.05) is 0 Å². The molecule has 1 saturated heterocycles. The Kier molecular flexibility index (Phi) is 58.2. The minimum atomic E-state index is -1.91.